The first kappa shape index (κ1) is 22.9. The molecular formula is C25H31N5O3. The van der Waals surface area contributed by atoms with E-state index in [1.807, 2.05) is 44.9 Å². The summed E-state index contributed by atoms with van der Waals surface area (Å²) in [5, 5.41) is 8.27. The largest absolute Gasteiger partial charge is 0.385 e. The predicted molar refractivity (Wildman–Crippen MR) is 126 cm³/mol. The Kier molecular flexibility index (Phi) is 6.47. The van der Waals surface area contributed by atoms with Crippen LogP contribution >= 0.6 is 0 Å². The molecule has 1 aromatic carbocycles. The van der Waals surface area contributed by atoms with E-state index >= 15 is 0 Å². The predicted octanol–water partition coefficient (Wildman–Crippen LogP) is 2.86. The van der Waals surface area contributed by atoms with E-state index in [0.29, 0.717) is 43.9 Å². The summed E-state index contributed by atoms with van der Waals surface area (Å²) >= 11 is 0. The van der Waals surface area contributed by atoms with Gasteiger partial charge >= 0.3 is 0 Å². The zero-order valence-electron chi connectivity index (χ0n) is 20.0. The number of pyridine rings is 1. The highest BCUT2D eigenvalue weighted by atomic mass is 16.5. The Balaban J connectivity index is 1.63. The lowest BCUT2D eigenvalue weighted by Gasteiger charge is -2.28. The smallest absolute Gasteiger partial charge is 0.272 e. The Bertz CT molecular complexity index is 1230. The number of fused-ring (bicyclic) bond motifs is 2. The number of nitrogens with one attached hydrogen (secondary N) is 1. The van der Waals surface area contributed by atoms with Crippen LogP contribution in [0.2, 0.25) is 0 Å². The molecule has 0 fully saturated rings. The van der Waals surface area contributed by atoms with Crippen molar-refractivity contribution < 1.29 is 14.3 Å². The zero-order chi connectivity index (χ0) is 23.7. The summed E-state index contributed by atoms with van der Waals surface area (Å²) in [6.07, 6.45) is 1.39. The number of aromatic nitrogens is 3. The number of hydrogen-bond acceptors (Lipinski definition) is 5. The molecule has 2 amide bonds. The second kappa shape index (κ2) is 9.31. The van der Waals surface area contributed by atoms with Gasteiger partial charge in [0.1, 0.15) is 0 Å². The van der Waals surface area contributed by atoms with Crippen molar-refractivity contribution in [3.8, 4) is 0 Å². The lowest BCUT2D eigenvalue weighted by atomic mass is 9.98. The number of hydrogen-bond donors (Lipinski definition) is 1. The zero-order valence-corrected chi connectivity index (χ0v) is 20.0. The number of carbonyl (C=O) groups is 2. The fourth-order valence-corrected chi connectivity index (χ4v) is 4.68. The molecule has 0 atom stereocenters. The Labute approximate surface area is 193 Å². The maximum Gasteiger partial charge on any atom is 0.272 e. The van der Waals surface area contributed by atoms with Crippen LogP contribution in [0.4, 0.5) is 0 Å². The SMILES string of the molecule is COCCCNC(=O)c1nn(C)c2c1CN(C(=O)c1cc(C)nc3cc(C)cc(C)c13)CC2. The Hall–Kier alpha value is -3.26. The molecule has 8 nitrogen and oxygen atoms in total. The van der Waals surface area contributed by atoms with Crippen molar-refractivity contribution in [1.29, 1.82) is 0 Å². The fourth-order valence-electron chi connectivity index (χ4n) is 4.68. The number of amides is 2. The molecule has 0 unspecified atom stereocenters. The average molecular weight is 450 g/mol. The van der Waals surface area contributed by atoms with Crippen molar-refractivity contribution in [2.45, 2.75) is 40.2 Å². The Morgan fingerprint density at radius 3 is 2.73 bits per heavy atom. The van der Waals surface area contributed by atoms with Crippen LogP contribution in [-0.4, -0.2) is 58.3 Å². The molecule has 1 aliphatic heterocycles. The van der Waals surface area contributed by atoms with Gasteiger partial charge in [-0.3, -0.25) is 19.3 Å². The normalized spacial score (nSPS) is 13.3. The van der Waals surface area contributed by atoms with Gasteiger partial charge in [0.2, 0.25) is 0 Å². The minimum Gasteiger partial charge on any atom is -0.385 e. The van der Waals surface area contributed by atoms with Crippen LogP contribution in [0.3, 0.4) is 0 Å². The Morgan fingerprint density at radius 1 is 1.18 bits per heavy atom. The first-order valence-corrected chi connectivity index (χ1v) is 11.3. The third-order valence-electron chi connectivity index (χ3n) is 6.16. The number of methoxy groups -OCH3 is 1. The van der Waals surface area contributed by atoms with E-state index in [-0.39, 0.29) is 11.8 Å². The van der Waals surface area contributed by atoms with Crippen LogP contribution in [0, 0.1) is 20.8 Å². The summed E-state index contributed by atoms with van der Waals surface area (Å²) in [4.78, 5) is 33.0. The molecule has 33 heavy (non-hydrogen) atoms. The van der Waals surface area contributed by atoms with E-state index < -0.39 is 0 Å². The summed E-state index contributed by atoms with van der Waals surface area (Å²) < 4.78 is 6.80. The highest BCUT2D eigenvalue weighted by Crippen LogP contribution is 2.28. The molecule has 1 aliphatic rings. The standard InChI is InChI=1S/C25H31N5O3/c1-15-11-16(2)22-18(13-17(3)27-20(22)12-15)25(32)30-9-7-21-19(14-30)23(28-29(21)4)24(31)26-8-6-10-33-5/h11-13H,6-10,14H2,1-5H3,(H,26,31). The number of nitrogens with zero attached hydrogens (tertiary/aromatic N) is 4. The molecular weight excluding hydrogens is 418 g/mol. The summed E-state index contributed by atoms with van der Waals surface area (Å²) in [6, 6.07) is 5.97. The number of benzene rings is 1. The molecule has 2 aromatic heterocycles. The molecule has 174 valence electrons. The first-order valence-electron chi connectivity index (χ1n) is 11.3. The minimum atomic E-state index is -0.214. The molecule has 0 saturated heterocycles. The van der Waals surface area contributed by atoms with Crippen LogP contribution in [0.15, 0.2) is 18.2 Å². The highest BCUT2D eigenvalue weighted by Gasteiger charge is 2.30. The lowest BCUT2D eigenvalue weighted by Crippen LogP contribution is -2.37. The fraction of sp³-hybridized carbons (Fsp3) is 0.440. The molecule has 0 bridgehead atoms. The van der Waals surface area contributed by atoms with E-state index in [9.17, 15) is 9.59 Å². The molecule has 3 aromatic rings. The number of carbonyl (C=O) groups excluding carboxylic acids is 2. The maximum absolute atomic E-state index is 13.7. The van der Waals surface area contributed by atoms with Gasteiger partial charge < -0.3 is 15.0 Å². The van der Waals surface area contributed by atoms with Crippen molar-refractivity contribution in [3.05, 3.63) is 57.5 Å². The second-order valence-corrected chi connectivity index (χ2v) is 8.76. The number of rotatable bonds is 6. The van der Waals surface area contributed by atoms with Gasteiger partial charge in [-0.25, -0.2) is 0 Å². The van der Waals surface area contributed by atoms with Crippen molar-refractivity contribution in [2.24, 2.45) is 7.05 Å². The van der Waals surface area contributed by atoms with Gasteiger partial charge in [0.25, 0.3) is 11.8 Å². The first-order chi connectivity index (χ1) is 15.8. The maximum atomic E-state index is 13.7. The van der Waals surface area contributed by atoms with Crippen molar-refractivity contribution in [3.63, 3.8) is 0 Å². The van der Waals surface area contributed by atoms with Crippen molar-refractivity contribution in [2.75, 3.05) is 26.8 Å². The van der Waals surface area contributed by atoms with E-state index in [4.69, 9.17) is 4.74 Å². The van der Waals surface area contributed by atoms with Crippen LogP contribution in [0.1, 0.15) is 55.3 Å². The van der Waals surface area contributed by atoms with Gasteiger partial charge in [-0.15, -0.1) is 0 Å². The van der Waals surface area contributed by atoms with E-state index in [1.165, 1.54) is 0 Å². The Morgan fingerprint density at radius 2 is 1.97 bits per heavy atom. The van der Waals surface area contributed by atoms with Crippen LogP contribution in [0.25, 0.3) is 10.9 Å². The van der Waals surface area contributed by atoms with Gasteiger partial charge in [-0.2, -0.15) is 5.10 Å². The van der Waals surface area contributed by atoms with E-state index in [2.05, 4.69) is 21.5 Å². The van der Waals surface area contributed by atoms with E-state index in [0.717, 1.165) is 45.4 Å². The summed E-state index contributed by atoms with van der Waals surface area (Å²) in [5.41, 5.74) is 6.69. The molecule has 8 heteroatoms. The third-order valence-corrected chi connectivity index (χ3v) is 6.16. The summed E-state index contributed by atoms with van der Waals surface area (Å²) in [7, 11) is 3.49. The van der Waals surface area contributed by atoms with Crippen LogP contribution in [0.5, 0.6) is 0 Å². The molecule has 3 heterocycles. The second-order valence-electron chi connectivity index (χ2n) is 8.76. The molecule has 4 rings (SSSR count). The average Bonchev–Trinajstić information content (AvgIpc) is 3.11. The topological polar surface area (TPSA) is 89.4 Å². The molecule has 0 aliphatic carbocycles. The monoisotopic (exact) mass is 449 g/mol. The van der Waals surface area contributed by atoms with E-state index in [1.54, 1.807) is 11.8 Å². The molecule has 1 N–H and O–H groups in total. The number of aryl methyl sites for hydroxylation is 4. The lowest BCUT2D eigenvalue weighted by molar-refractivity contribution is 0.0732. The minimum absolute atomic E-state index is 0.0431. The number of ether oxygens (including phenoxy) is 1. The quantitative estimate of drug-likeness (QED) is 0.585. The summed E-state index contributed by atoms with van der Waals surface area (Å²) in [5.74, 6) is -0.257. The van der Waals surface area contributed by atoms with Crippen molar-refractivity contribution in [1.82, 2.24) is 25.0 Å². The van der Waals surface area contributed by atoms with Gasteiger partial charge in [0.15, 0.2) is 5.69 Å². The van der Waals surface area contributed by atoms with Crippen LogP contribution < -0.4 is 5.32 Å². The summed E-state index contributed by atoms with van der Waals surface area (Å²) in [6.45, 7) is 8.00. The molecule has 0 saturated carbocycles. The van der Waals surface area contributed by atoms with Gasteiger partial charge in [-0.1, -0.05) is 6.07 Å². The molecule has 0 spiro atoms. The third kappa shape index (κ3) is 4.48. The van der Waals surface area contributed by atoms with Gasteiger partial charge in [0, 0.05) is 62.6 Å². The van der Waals surface area contributed by atoms with Crippen molar-refractivity contribution >= 4 is 22.7 Å². The van der Waals surface area contributed by atoms with Crippen LogP contribution in [-0.2, 0) is 24.8 Å². The highest BCUT2D eigenvalue weighted by molar-refractivity contribution is 6.07. The van der Waals surface area contributed by atoms with Gasteiger partial charge in [-0.05, 0) is 50.5 Å². The van der Waals surface area contributed by atoms with Gasteiger partial charge in [0.05, 0.1) is 17.6 Å². The molecule has 0 radical (unpaired) electrons.